The van der Waals surface area contributed by atoms with Gasteiger partial charge in [-0.25, -0.2) is 4.98 Å². The van der Waals surface area contributed by atoms with Gasteiger partial charge in [0.15, 0.2) is 0 Å². The summed E-state index contributed by atoms with van der Waals surface area (Å²) in [5.41, 5.74) is 2.84. The second kappa shape index (κ2) is 7.99. The number of hydrogen-bond acceptors (Lipinski definition) is 4. The van der Waals surface area contributed by atoms with E-state index in [0.717, 1.165) is 47.2 Å². The highest BCUT2D eigenvalue weighted by Crippen LogP contribution is 2.32. The number of piperidine rings is 1. The molecular weight excluding hydrogens is 346 g/mol. The van der Waals surface area contributed by atoms with E-state index in [1.165, 1.54) is 5.56 Å². The van der Waals surface area contributed by atoms with E-state index in [1.54, 1.807) is 18.3 Å². The molecule has 5 nitrogen and oxygen atoms in total. The van der Waals surface area contributed by atoms with E-state index < -0.39 is 0 Å². The summed E-state index contributed by atoms with van der Waals surface area (Å²) in [5.74, 6) is 0.496. The monoisotopic (exact) mass is 371 g/mol. The van der Waals surface area contributed by atoms with Crippen molar-refractivity contribution in [2.45, 2.75) is 46.0 Å². The third-order valence-corrected chi connectivity index (χ3v) is 6.04. The van der Waals surface area contributed by atoms with Crippen molar-refractivity contribution >= 4 is 28.8 Å². The number of thiazole rings is 1. The minimum absolute atomic E-state index is 0.0415. The average Bonchev–Trinajstić information content (AvgIpc) is 2.97. The van der Waals surface area contributed by atoms with Gasteiger partial charge in [-0.05, 0) is 38.8 Å². The fourth-order valence-electron chi connectivity index (χ4n) is 3.22. The van der Waals surface area contributed by atoms with Crippen molar-refractivity contribution in [1.29, 1.82) is 0 Å². The number of aromatic nitrogens is 1. The maximum absolute atomic E-state index is 12.3. The first-order chi connectivity index (χ1) is 12.4. The largest absolute Gasteiger partial charge is 0.343 e. The minimum atomic E-state index is -0.0415. The quantitative estimate of drug-likeness (QED) is 0.892. The summed E-state index contributed by atoms with van der Waals surface area (Å²) in [6.45, 7) is 7.26. The van der Waals surface area contributed by atoms with Crippen molar-refractivity contribution < 1.29 is 9.59 Å². The zero-order valence-electron chi connectivity index (χ0n) is 15.5. The van der Waals surface area contributed by atoms with Crippen LogP contribution in [0.25, 0.3) is 0 Å². The van der Waals surface area contributed by atoms with Crippen molar-refractivity contribution in [2.75, 3.05) is 18.4 Å². The number of likely N-dealkylation sites (tertiary alicyclic amines) is 1. The third kappa shape index (κ3) is 4.49. The van der Waals surface area contributed by atoms with E-state index in [-0.39, 0.29) is 11.8 Å². The number of nitrogens with zero attached hydrogens (tertiary/aromatic N) is 2. The minimum Gasteiger partial charge on any atom is -0.343 e. The van der Waals surface area contributed by atoms with Gasteiger partial charge in [-0.3, -0.25) is 9.59 Å². The Balaban J connectivity index is 1.60. The lowest BCUT2D eigenvalue weighted by atomic mass is 9.97. The number of rotatable bonds is 4. The fourth-order valence-corrected chi connectivity index (χ4v) is 4.33. The van der Waals surface area contributed by atoms with Crippen LogP contribution in [-0.2, 0) is 16.0 Å². The normalized spacial score (nSPS) is 15.1. The van der Waals surface area contributed by atoms with E-state index in [2.05, 4.69) is 5.32 Å². The number of nitrogens with one attached hydrogen (secondary N) is 1. The summed E-state index contributed by atoms with van der Waals surface area (Å²) < 4.78 is 0. The van der Waals surface area contributed by atoms with Gasteiger partial charge in [0.25, 0.3) is 0 Å². The topological polar surface area (TPSA) is 62.3 Å². The summed E-state index contributed by atoms with van der Waals surface area (Å²) in [6, 6.07) is 7.79. The van der Waals surface area contributed by atoms with Crippen LogP contribution in [0.2, 0.25) is 0 Å². The molecule has 0 atom stereocenters. The van der Waals surface area contributed by atoms with Crippen LogP contribution in [0.15, 0.2) is 24.3 Å². The molecule has 1 aromatic heterocycles. The molecule has 1 saturated heterocycles. The Labute approximate surface area is 158 Å². The number of carbonyl (C=O) groups excluding carboxylic acids is 2. The zero-order valence-corrected chi connectivity index (χ0v) is 16.4. The number of anilines is 1. The smallest absolute Gasteiger partial charge is 0.230 e. The molecule has 0 saturated carbocycles. The van der Waals surface area contributed by atoms with E-state index >= 15 is 0 Å². The molecule has 1 fully saturated rings. The summed E-state index contributed by atoms with van der Waals surface area (Å²) >= 11 is 1.69. The van der Waals surface area contributed by atoms with Gasteiger partial charge in [0.2, 0.25) is 11.8 Å². The molecular formula is C20H25N3O2S. The highest BCUT2D eigenvalue weighted by molar-refractivity contribution is 7.11. The molecule has 1 aromatic carbocycles. The maximum Gasteiger partial charge on any atom is 0.230 e. The molecule has 26 heavy (non-hydrogen) atoms. The lowest BCUT2D eigenvalue weighted by molar-refractivity contribution is -0.129. The van der Waals surface area contributed by atoms with Gasteiger partial charge >= 0.3 is 0 Å². The number of aryl methyl sites for hydroxylation is 2. The van der Waals surface area contributed by atoms with Crippen molar-refractivity contribution in [2.24, 2.45) is 0 Å². The fraction of sp³-hybridized carbons (Fsp3) is 0.450. The standard InChI is InChI=1S/C20H25N3O2S/c1-13-4-6-17(7-5-13)21-19(25)12-18-14(2)26-20(22-18)16-8-10-23(11-9-16)15(3)24/h4-7,16H,8-12H2,1-3H3,(H,21,25). The van der Waals surface area contributed by atoms with Gasteiger partial charge in [0, 0.05) is 36.5 Å². The molecule has 1 aliphatic rings. The molecule has 2 heterocycles. The first kappa shape index (κ1) is 18.6. The molecule has 0 unspecified atom stereocenters. The van der Waals surface area contributed by atoms with E-state index in [4.69, 9.17) is 4.98 Å². The lowest BCUT2D eigenvalue weighted by Crippen LogP contribution is -2.36. The van der Waals surface area contributed by atoms with Crippen molar-refractivity contribution in [3.63, 3.8) is 0 Å². The Kier molecular flexibility index (Phi) is 5.71. The zero-order chi connectivity index (χ0) is 18.7. The van der Waals surface area contributed by atoms with Crippen molar-refractivity contribution in [3.05, 3.63) is 45.4 Å². The van der Waals surface area contributed by atoms with E-state index in [0.29, 0.717) is 12.3 Å². The van der Waals surface area contributed by atoms with Crippen LogP contribution >= 0.6 is 11.3 Å². The lowest BCUT2D eigenvalue weighted by Gasteiger charge is -2.30. The molecule has 138 valence electrons. The number of carbonyl (C=O) groups is 2. The molecule has 3 rings (SSSR count). The van der Waals surface area contributed by atoms with Gasteiger partial charge in [-0.2, -0.15) is 0 Å². The van der Waals surface area contributed by atoms with Gasteiger partial charge < -0.3 is 10.2 Å². The third-order valence-electron chi connectivity index (χ3n) is 4.86. The summed E-state index contributed by atoms with van der Waals surface area (Å²) in [5, 5.41) is 4.03. The summed E-state index contributed by atoms with van der Waals surface area (Å²) in [4.78, 5) is 31.5. The molecule has 0 spiro atoms. The average molecular weight is 372 g/mol. The Morgan fingerprint density at radius 3 is 2.46 bits per heavy atom. The van der Waals surface area contributed by atoms with Crippen LogP contribution < -0.4 is 5.32 Å². The molecule has 1 N–H and O–H groups in total. The number of hydrogen-bond donors (Lipinski definition) is 1. The molecule has 0 radical (unpaired) electrons. The Bertz CT molecular complexity index is 790. The Morgan fingerprint density at radius 1 is 1.19 bits per heavy atom. The highest BCUT2D eigenvalue weighted by atomic mass is 32.1. The van der Waals surface area contributed by atoms with Crippen LogP contribution in [0.5, 0.6) is 0 Å². The first-order valence-corrected chi connectivity index (χ1v) is 9.82. The first-order valence-electron chi connectivity index (χ1n) is 9.00. The van der Waals surface area contributed by atoms with Gasteiger partial charge in [-0.15, -0.1) is 11.3 Å². The molecule has 0 aliphatic carbocycles. The SMILES string of the molecule is CC(=O)N1CCC(c2nc(CC(=O)Nc3ccc(C)cc3)c(C)s2)CC1. The van der Waals surface area contributed by atoms with Gasteiger partial charge in [0.05, 0.1) is 17.1 Å². The van der Waals surface area contributed by atoms with Gasteiger partial charge in [-0.1, -0.05) is 17.7 Å². The van der Waals surface area contributed by atoms with Gasteiger partial charge in [0.1, 0.15) is 0 Å². The second-order valence-corrected chi connectivity index (χ2v) is 8.16. The second-order valence-electron chi connectivity index (χ2n) is 6.93. The van der Waals surface area contributed by atoms with Crippen molar-refractivity contribution in [3.8, 4) is 0 Å². The molecule has 6 heteroatoms. The molecule has 2 aromatic rings. The predicted molar refractivity (Wildman–Crippen MR) is 105 cm³/mol. The highest BCUT2D eigenvalue weighted by Gasteiger charge is 2.25. The van der Waals surface area contributed by atoms with Crippen LogP contribution in [0.1, 0.15) is 46.8 Å². The Hall–Kier alpha value is -2.21. The van der Waals surface area contributed by atoms with E-state index in [9.17, 15) is 9.59 Å². The predicted octanol–water partition coefficient (Wildman–Crippen LogP) is 3.67. The van der Waals surface area contributed by atoms with Crippen LogP contribution in [0, 0.1) is 13.8 Å². The van der Waals surface area contributed by atoms with E-state index in [1.807, 2.05) is 43.0 Å². The summed E-state index contributed by atoms with van der Waals surface area (Å²) in [6.07, 6.45) is 2.19. The van der Waals surface area contributed by atoms with Crippen molar-refractivity contribution in [1.82, 2.24) is 9.88 Å². The number of amides is 2. The van der Waals surface area contributed by atoms with Crippen LogP contribution in [-0.4, -0.2) is 34.8 Å². The maximum atomic E-state index is 12.3. The Morgan fingerprint density at radius 2 is 1.85 bits per heavy atom. The molecule has 2 amide bonds. The number of benzene rings is 1. The van der Waals surface area contributed by atoms with Crippen LogP contribution in [0.4, 0.5) is 5.69 Å². The molecule has 0 bridgehead atoms. The summed E-state index contributed by atoms with van der Waals surface area (Å²) in [7, 11) is 0. The molecule has 1 aliphatic heterocycles. The van der Waals surface area contributed by atoms with Crippen LogP contribution in [0.3, 0.4) is 0 Å².